The van der Waals surface area contributed by atoms with Crippen molar-refractivity contribution < 1.29 is 5.21 Å². The number of anilines is 1. The fourth-order valence-electron chi connectivity index (χ4n) is 1.08. The Morgan fingerprint density at radius 1 is 1.44 bits per heavy atom. The van der Waals surface area contributed by atoms with Gasteiger partial charge in [0.2, 0.25) is 0 Å². The number of oxime groups is 1. The minimum Gasteiger partial charge on any atom is -0.409 e. The van der Waals surface area contributed by atoms with Crippen LogP contribution in [0.5, 0.6) is 0 Å². The average molecular weight is 327 g/mol. The Morgan fingerprint density at radius 3 is 2.50 bits per heavy atom. The summed E-state index contributed by atoms with van der Waals surface area (Å²) < 4.78 is 0.810. The predicted octanol–water partition coefficient (Wildman–Crippen LogP) is 3.30. The van der Waals surface area contributed by atoms with Gasteiger partial charge >= 0.3 is 0 Å². The van der Waals surface area contributed by atoms with Crippen LogP contribution in [0.1, 0.15) is 6.42 Å². The van der Waals surface area contributed by atoms with E-state index in [1.165, 1.54) is 0 Å². The van der Waals surface area contributed by atoms with Crippen molar-refractivity contribution in [2.45, 2.75) is 6.42 Å². The number of nitrogens with zero attached hydrogens (tertiary/aromatic N) is 1. The van der Waals surface area contributed by atoms with E-state index < -0.39 is 0 Å². The van der Waals surface area contributed by atoms with Crippen LogP contribution in [0.15, 0.2) is 21.8 Å². The Morgan fingerprint density at radius 2 is 2.00 bits per heavy atom. The molecule has 0 amide bonds. The van der Waals surface area contributed by atoms with Gasteiger partial charge in [0.1, 0.15) is 5.84 Å². The lowest BCUT2D eigenvalue weighted by Gasteiger charge is -2.10. The second-order valence-electron chi connectivity index (χ2n) is 3.01. The minimum absolute atomic E-state index is 0.150. The summed E-state index contributed by atoms with van der Waals surface area (Å²) >= 11 is 15.3. The molecule has 16 heavy (non-hydrogen) atoms. The average Bonchev–Trinajstić information content (AvgIpc) is 2.21. The molecule has 4 nitrogen and oxygen atoms in total. The molecule has 0 saturated carbocycles. The maximum absolute atomic E-state index is 8.35. The third-order valence-electron chi connectivity index (χ3n) is 1.82. The molecule has 0 unspecified atom stereocenters. The quantitative estimate of drug-likeness (QED) is 0.344. The van der Waals surface area contributed by atoms with Gasteiger partial charge in [-0.3, -0.25) is 0 Å². The van der Waals surface area contributed by atoms with Gasteiger partial charge in [-0.15, -0.1) is 0 Å². The van der Waals surface area contributed by atoms with Gasteiger partial charge in [-0.25, -0.2) is 0 Å². The SMILES string of the molecule is NC(CCNc1c(Cl)cc(Br)cc1Cl)=NO. The number of benzene rings is 1. The first-order valence-corrected chi connectivity index (χ1v) is 5.94. The third-order valence-corrected chi connectivity index (χ3v) is 2.87. The molecule has 4 N–H and O–H groups in total. The van der Waals surface area contributed by atoms with Crippen LogP contribution >= 0.6 is 39.1 Å². The van der Waals surface area contributed by atoms with Gasteiger partial charge in [0.25, 0.3) is 0 Å². The molecule has 1 rings (SSSR count). The molecule has 0 heterocycles. The molecule has 0 atom stereocenters. The van der Waals surface area contributed by atoms with Gasteiger partial charge in [-0.1, -0.05) is 44.3 Å². The summed E-state index contributed by atoms with van der Waals surface area (Å²) in [5.41, 5.74) is 5.96. The van der Waals surface area contributed by atoms with E-state index in [0.29, 0.717) is 28.7 Å². The summed E-state index contributed by atoms with van der Waals surface area (Å²) in [6, 6.07) is 3.47. The molecule has 1 aromatic carbocycles. The maximum Gasteiger partial charge on any atom is 0.140 e. The fraction of sp³-hybridized carbons (Fsp3) is 0.222. The van der Waals surface area contributed by atoms with E-state index in [1.54, 1.807) is 12.1 Å². The van der Waals surface area contributed by atoms with Crippen molar-refractivity contribution in [3.05, 3.63) is 26.7 Å². The van der Waals surface area contributed by atoms with Crippen molar-refractivity contribution in [1.82, 2.24) is 0 Å². The van der Waals surface area contributed by atoms with E-state index in [-0.39, 0.29) is 5.84 Å². The van der Waals surface area contributed by atoms with E-state index in [0.717, 1.165) is 4.47 Å². The van der Waals surface area contributed by atoms with E-state index in [2.05, 4.69) is 26.4 Å². The smallest absolute Gasteiger partial charge is 0.140 e. The van der Waals surface area contributed by atoms with Crippen LogP contribution in [0, 0.1) is 0 Å². The van der Waals surface area contributed by atoms with Crippen molar-refractivity contribution in [1.29, 1.82) is 0 Å². The molecule has 7 heteroatoms. The van der Waals surface area contributed by atoms with E-state index in [4.69, 9.17) is 34.1 Å². The Hall–Kier alpha value is -0.650. The maximum atomic E-state index is 8.35. The zero-order valence-electron chi connectivity index (χ0n) is 8.17. The Bertz CT molecular complexity index is 389. The fourth-order valence-corrected chi connectivity index (χ4v) is 2.42. The van der Waals surface area contributed by atoms with Gasteiger partial charge in [0.15, 0.2) is 0 Å². The molecule has 88 valence electrons. The lowest BCUT2D eigenvalue weighted by atomic mass is 10.3. The third kappa shape index (κ3) is 3.73. The van der Waals surface area contributed by atoms with Crippen LogP contribution in [0.3, 0.4) is 0 Å². The Kier molecular flexibility index (Phi) is 5.18. The first-order chi connectivity index (χ1) is 7.54. The summed E-state index contributed by atoms with van der Waals surface area (Å²) in [7, 11) is 0. The molecule has 0 aromatic heterocycles. The molecule has 0 saturated heterocycles. The van der Waals surface area contributed by atoms with E-state index >= 15 is 0 Å². The minimum atomic E-state index is 0.150. The van der Waals surface area contributed by atoms with Gasteiger partial charge in [-0.2, -0.15) is 0 Å². The number of nitrogens with one attached hydrogen (secondary N) is 1. The van der Waals surface area contributed by atoms with Crippen LogP contribution in [0.4, 0.5) is 5.69 Å². The topological polar surface area (TPSA) is 70.6 Å². The van der Waals surface area contributed by atoms with E-state index in [1.807, 2.05) is 0 Å². The molecule has 0 bridgehead atoms. The van der Waals surface area contributed by atoms with Gasteiger partial charge < -0.3 is 16.3 Å². The van der Waals surface area contributed by atoms with Crippen molar-refractivity contribution in [2.75, 3.05) is 11.9 Å². The summed E-state index contributed by atoms with van der Waals surface area (Å²) in [6.45, 7) is 0.483. The van der Waals surface area contributed by atoms with Crippen LogP contribution in [-0.2, 0) is 0 Å². The van der Waals surface area contributed by atoms with Gasteiger partial charge in [0.05, 0.1) is 15.7 Å². The molecular formula is C9H10BrCl2N3O. The second kappa shape index (κ2) is 6.18. The molecule has 1 aromatic rings. The van der Waals surface area contributed by atoms with Crippen LogP contribution in [0.2, 0.25) is 10.0 Å². The summed E-state index contributed by atoms with van der Waals surface area (Å²) in [4.78, 5) is 0. The normalized spacial score (nSPS) is 11.6. The highest BCUT2D eigenvalue weighted by Gasteiger charge is 2.06. The Labute approximate surface area is 112 Å². The van der Waals surface area contributed by atoms with Gasteiger partial charge in [0, 0.05) is 17.4 Å². The lowest BCUT2D eigenvalue weighted by Crippen LogP contribution is -2.16. The summed E-state index contributed by atoms with van der Waals surface area (Å²) in [5.74, 6) is 0.150. The first kappa shape index (κ1) is 13.4. The number of nitrogens with two attached hydrogens (primary N) is 1. The molecule has 0 aliphatic heterocycles. The highest BCUT2D eigenvalue weighted by molar-refractivity contribution is 9.10. The van der Waals surface area contributed by atoms with Crippen LogP contribution in [0.25, 0.3) is 0 Å². The number of rotatable bonds is 4. The Balaban J connectivity index is 2.67. The van der Waals surface area contributed by atoms with Crippen molar-refractivity contribution >= 4 is 50.7 Å². The zero-order valence-corrected chi connectivity index (χ0v) is 11.3. The molecule has 0 aliphatic carbocycles. The van der Waals surface area contributed by atoms with Crippen molar-refractivity contribution in [3.63, 3.8) is 0 Å². The molecular weight excluding hydrogens is 317 g/mol. The zero-order chi connectivity index (χ0) is 12.1. The summed E-state index contributed by atoms with van der Waals surface area (Å²) in [6.07, 6.45) is 0.402. The van der Waals surface area contributed by atoms with Crippen molar-refractivity contribution in [3.8, 4) is 0 Å². The predicted molar refractivity (Wildman–Crippen MR) is 70.7 cm³/mol. The van der Waals surface area contributed by atoms with Crippen LogP contribution in [-0.4, -0.2) is 17.6 Å². The standard InChI is InChI=1S/C9H10BrCl2N3O/c10-5-3-6(11)9(7(12)4-5)14-2-1-8(13)15-16/h3-4,14,16H,1-2H2,(H2,13,15). The number of hydrogen-bond acceptors (Lipinski definition) is 3. The van der Waals surface area contributed by atoms with Gasteiger partial charge in [-0.05, 0) is 12.1 Å². The monoisotopic (exact) mass is 325 g/mol. The van der Waals surface area contributed by atoms with Crippen LogP contribution < -0.4 is 11.1 Å². The van der Waals surface area contributed by atoms with Crippen molar-refractivity contribution in [2.24, 2.45) is 10.9 Å². The summed E-state index contributed by atoms with van der Waals surface area (Å²) in [5, 5.41) is 15.3. The first-order valence-electron chi connectivity index (χ1n) is 4.39. The second-order valence-corrected chi connectivity index (χ2v) is 4.74. The van der Waals surface area contributed by atoms with E-state index in [9.17, 15) is 0 Å². The lowest BCUT2D eigenvalue weighted by molar-refractivity contribution is 0.317. The number of halogens is 3. The molecule has 0 radical (unpaired) electrons. The molecule has 0 aliphatic rings. The molecule has 0 fully saturated rings. The molecule has 0 spiro atoms. The highest BCUT2D eigenvalue weighted by Crippen LogP contribution is 2.33. The largest absolute Gasteiger partial charge is 0.409 e. The number of amidine groups is 1. The highest BCUT2D eigenvalue weighted by atomic mass is 79.9. The number of hydrogen-bond donors (Lipinski definition) is 3.